The fraction of sp³-hybridized carbons (Fsp3) is 0.462. The summed E-state index contributed by atoms with van der Waals surface area (Å²) >= 11 is 0. The molecule has 0 spiro atoms. The Kier molecular flexibility index (Phi) is 4.17. The van der Waals surface area contributed by atoms with Crippen LogP contribution in [0.25, 0.3) is 0 Å². The highest BCUT2D eigenvalue weighted by atomic mass is 19.4. The smallest absolute Gasteiger partial charge is 0.401 e. The monoisotopic (exact) mass is 289 g/mol. The van der Waals surface area contributed by atoms with Crippen molar-refractivity contribution in [3.63, 3.8) is 0 Å². The van der Waals surface area contributed by atoms with Crippen molar-refractivity contribution in [2.24, 2.45) is 0 Å². The first-order chi connectivity index (χ1) is 9.39. The van der Waals surface area contributed by atoms with E-state index in [0.717, 1.165) is 4.90 Å². The first-order valence-corrected chi connectivity index (χ1v) is 6.11. The number of alkyl halides is 3. The topological polar surface area (TPSA) is 38.8 Å². The number of carbonyl (C=O) groups is 1. The molecule has 4 nitrogen and oxygen atoms in total. The number of fused-ring (bicyclic) bond motifs is 1. The number of rotatable bonds is 5. The van der Waals surface area contributed by atoms with Gasteiger partial charge in [0.2, 0.25) is 6.79 Å². The van der Waals surface area contributed by atoms with Gasteiger partial charge in [-0.1, -0.05) is 6.92 Å². The highest BCUT2D eigenvalue weighted by molar-refractivity contribution is 5.98. The van der Waals surface area contributed by atoms with Gasteiger partial charge in [0.25, 0.3) is 0 Å². The molecule has 0 bridgehead atoms. The van der Waals surface area contributed by atoms with Crippen molar-refractivity contribution in [1.29, 1.82) is 0 Å². The lowest BCUT2D eigenvalue weighted by Crippen LogP contribution is -2.37. The number of likely N-dealkylation sites (N-methyl/N-ethyl adjacent to an activating group) is 1. The number of ketones is 1. The molecule has 110 valence electrons. The lowest BCUT2D eigenvalue weighted by molar-refractivity contribution is -0.144. The number of ether oxygens (including phenoxy) is 2. The molecule has 7 heteroatoms. The summed E-state index contributed by atoms with van der Waals surface area (Å²) in [6, 6.07) is 4.60. The van der Waals surface area contributed by atoms with Crippen LogP contribution < -0.4 is 9.47 Å². The van der Waals surface area contributed by atoms with Crippen LogP contribution in [0, 0.1) is 0 Å². The number of carbonyl (C=O) groups excluding carboxylic acids is 1. The largest absolute Gasteiger partial charge is 0.454 e. The minimum absolute atomic E-state index is 0.0855. The van der Waals surface area contributed by atoms with Gasteiger partial charge in [0.15, 0.2) is 17.3 Å². The van der Waals surface area contributed by atoms with Crippen LogP contribution in [0.2, 0.25) is 0 Å². The Morgan fingerprint density at radius 2 is 2.00 bits per heavy atom. The normalized spacial score (nSPS) is 13.8. The second-order valence-electron chi connectivity index (χ2n) is 4.41. The molecule has 0 aliphatic carbocycles. The van der Waals surface area contributed by atoms with Gasteiger partial charge >= 0.3 is 6.18 Å². The maximum atomic E-state index is 12.3. The molecule has 0 radical (unpaired) electrons. The zero-order valence-electron chi connectivity index (χ0n) is 10.9. The lowest BCUT2D eigenvalue weighted by Gasteiger charge is -2.21. The molecule has 0 saturated heterocycles. The second kappa shape index (κ2) is 5.70. The third kappa shape index (κ3) is 3.63. The van der Waals surface area contributed by atoms with E-state index < -0.39 is 12.7 Å². The van der Waals surface area contributed by atoms with Gasteiger partial charge in [-0.2, -0.15) is 13.2 Å². The Labute approximate surface area is 114 Å². The van der Waals surface area contributed by atoms with E-state index in [9.17, 15) is 18.0 Å². The number of benzene rings is 1. The Bertz CT molecular complexity index is 502. The van der Waals surface area contributed by atoms with Crippen molar-refractivity contribution >= 4 is 5.78 Å². The predicted octanol–water partition coefficient (Wildman–Crippen LogP) is 2.48. The molecule has 1 aliphatic rings. The van der Waals surface area contributed by atoms with E-state index >= 15 is 0 Å². The molecule has 1 heterocycles. The summed E-state index contributed by atoms with van der Waals surface area (Å²) in [5.74, 6) is 0.591. The predicted molar refractivity (Wildman–Crippen MR) is 65.1 cm³/mol. The summed E-state index contributed by atoms with van der Waals surface area (Å²) in [5, 5.41) is 0. The molecule has 0 aromatic heterocycles. The number of nitrogens with zero attached hydrogens (tertiary/aromatic N) is 1. The summed E-state index contributed by atoms with van der Waals surface area (Å²) in [6.07, 6.45) is -4.31. The van der Waals surface area contributed by atoms with Gasteiger partial charge in [-0.15, -0.1) is 0 Å². The van der Waals surface area contributed by atoms with E-state index in [-0.39, 0.29) is 25.7 Å². The van der Waals surface area contributed by atoms with Gasteiger partial charge in [-0.3, -0.25) is 9.69 Å². The molecule has 1 aliphatic heterocycles. The van der Waals surface area contributed by atoms with Crippen molar-refractivity contribution in [2.45, 2.75) is 13.1 Å². The number of Topliss-reactive ketones (excluding diaryl/α,β-unsaturated/α-hetero) is 1. The minimum Gasteiger partial charge on any atom is -0.454 e. The molecule has 2 rings (SSSR count). The molecule has 1 aromatic rings. The third-order valence-corrected chi connectivity index (χ3v) is 2.91. The number of hydrogen-bond acceptors (Lipinski definition) is 4. The SMILES string of the molecule is CCN(CC(=O)c1ccc2c(c1)OCO2)CC(F)(F)F. The average Bonchev–Trinajstić information content (AvgIpc) is 2.83. The van der Waals surface area contributed by atoms with Crippen molar-refractivity contribution in [3.8, 4) is 11.5 Å². The minimum atomic E-state index is -4.31. The van der Waals surface area contributed by atoms with E-state index in [0.29, 0.717) is 17.1 Å². The molecular weight excluding hydrogens is 275 g/mol. The van der Waals surface area contributed by atoms with Crippen molar-refractivity contribution < 1.29 is 27.4 Å². The molecule has 0 saturated carbocycles. The Morgan fingerprint density at radius 3 is 2.65 bits per heavy atom. The maximum absolute atomic E-state index is 12.3. The Balaban J connectivity index is 2.03. The van der Waals surface area contributed by atoms with Crippen LogP contribution in [0.3, 0.4) is 0 Å². The third-order valence-electron chi connectivity index (χ3n) is 2.91. The molecule has 0 amide bonds. The zero-order valence-corrected chi connectivity index (χ0v) is 10.9. The van der Waals surface area contributed by atoms with Crippen LogP contribution >= 0.6 is 0 Å². The zero-order chi connectivity index (χ0) is 14.8. The highest BCUT2D eigenvalue weighted by Gasteiger charge is 2.31. The number of hydrogen-bond donors (Lipinski definition) is 0. The van der Waals surface area contributed by atoms with Crippen LogP contribution in [0.4, 0.5) is 13.2 Å². The first-order valence-electron chi connectivity index (χ1n) is 6.11. The van der Waals surface area contributed by atoms with E-state index in [4.69, 9.17) is 9.47 Å². The molecule has 0 atom stereocenters. The van der Waals surface area contributed by atoms with Gasteiger partial charge in [-0.05, 0) is 24.7 Å². The molecule has 1 aromatic carbocycles. The van der Waals surface area contributed by atoms with Crippen LogP contribution in [0.5, 0.6) is 11.5 Å². The molecular formula is C13H14F3NO3. The summed E-state index contributed by atoms with van der Waals surface area (Å²) in [6.45, 7) is 0.437. The van der Waals surface area contributed by atoms with Crippen LogP contribution in [0.1, 0.15) is 17.3 Å². The van der Waals surface area contributed by atoms with Gasteiger partial charge < -0.3 is 9.47 Å². The van der Waals surface area contributed by atoms with Crippen LogP contribution in [0.15, 0.2) is 18.2 Å². The summed E-state index contributed by atoms with van der Waals surface area (Å²) < 4.78 is 47.2. The number of halogens is 3. The van der Waals surface area contributed by atoms with Crippen molar-refractivity contribution in [3.05, 3.63) is 23.8 Å². The fourth-order valence-electron chi connectivity index (χ4n) is 1.90. The standard InChI is InChI=1S/C13H14F3NO3/c1-2-17(7-13(14,15)16)6-10(18)9-3-4-11-12(5-9)20-8-19-11/h3-5H,2,6-8H2,1H3. The quantitative estimate of drug-likeness (QED) is 0.781. The summed E-state index contributed by atoms with van der Waals surface area (Å²) in [5.41, 5.74) is 0.315. The maximum Gasteiger partial charge on any atom is 0.401 e. The highest BCUT2D eigenvalue weighted by Crippen LogP contribution is 2.32. The Morgan fingerprint density at radius 1 is 1.30 bits per heavy atom. The average molecular weight is 289 g/mol. The van der Waals surface area contributed by atoms with Gasteiger partial charge in [0.05, 0.1) is 13.1 Å². The van der Waals surface area contributed by atoms with Gasteiger partial charge in [-0.25, -0.2) is 0 Å². The van der Waals surface area contributed by atoms with E-state index in [1.165, 1.54) is 12.1 Å². The summed E-state index contributed by atoms with van der Waals surface area (Å²) in [4.78, 5) is 13.0. The Hall–Kier alpha value is -1.76. The second-order valence-corrected chi connectivity index (χ2v) is 4.41. The van der Waals surface area contributed by atoms with Crippen molar-refractivity contribution in [1.82, 2.24) is 4.90 Å². The summed E-state index contributed by atoms with van der Waals surface area (Å²) in [7, 11) is 0. The van der Waals surface area contributed by atoms with Crippen LogP contribution in [-0.2, 0) is 0 Å². The molecule has 0 unspecified atom stereocenters. The first kappa shape index (κ1) is 14.6. The van der Waals surface area contributed by atoms with Gasteiger partial charge in [0, 0.05) is 5.56 Å². The van der Waals surface area contributed by atoms with E-state index in [2.05, 4.69) is 0 Å². The fourth-order valence-corrected chi connectivity index (χ4v) is 1.90. The lowest BCUT2D eigenvalue weighted by atomic mass is 10.1. The molecule has 0 N–H and O–H groups in total. The molecule has 0 fully saturated rings. The van der Waals surface area contributed by atoms with Crippen molar-refractivity contribution in [2.75, 3.05) is 26.4 Å². The van der Waals surface area contributed by atoms with Gasteiger partial charge in [0.1, 0.15) is 0 Å². The van der Waals surface area contributed by atoms with E-state index in [1.54, 1.807) is 13.0 Å². The van der Waals surface area contributed by atoms with E-state index in [1.807, 2.05) is 0 Å². The van der Waals surface area contributed by atoms with Crippen LogP contribution in [-0.4, -0.2) is 43.3 Å². The molecule has 20 heavy (non-hydrogen) atoms.